The van der Waals surface area contributed by atoms with Crippen molar-refractivity contribution in [1.29, 1.82) is 0 Å². The molecule has 0 radical (unpaired) electrons. The molecule has 1 aromatic carbocycles. The van der Waals surface area contributed by atoms with Gasteiger partial charge in [0.1, 0.15) is 0 Å². The van der Waals surface area contributed by atoms with E-state index in [2.05, 4.69) is 55.1 Å². The molecule has 0 aliphatic heterocycles. The zero-order valence-corrected chi connectivity index (χ0v) is 16.4. The number of aromatic nitrogens is 2. The molecule has 2 aromatic heterocycles. The maximum absolute atomic E-state index is 12.3. The van der Waals surface area contributed by atoms with Crippen LogP contribution in [0.25, 0.3) is 11.3 Å². The Morgan fingerprint density at radius 3 is 2.42 bits per heavy atom. The zero-order valence-electron chi connectivity index (χ0n) is 15.5. The third-order valence-corrected chi connectivity index (χ3v) is 4.92. The van der Waals surface area contributed by atoms with E-state index in [0.29, 0.717) is 16.6 Å². The summed E-state index contributed by atoms with van der Waals surface area (Å²) in [4.78, 5) is 20.8. The third kappa shape index (κ3) is 4.17. The lowest BCUT2D eigenvalue weighted by atomic mass is 9.94. The first-order valence-corrected chi connectivity index (χ1v) is 9.59. The molecule has 1 N–H and O–H groups in total. The predicted octanol–water partition coefficient (Wildman–Crippen LogP) is 5.27. The maximum atomic E-state index is 12.3. The fraction of sp³-hybridized carbons (Fsp3) is 0.286. The van der Waals surface area contributed by atoms with Crippen LogP contribution in [0.2, 0.25) is 0 Å². The molecular formula is C21H23N3OS. The normalized spacial score (nSPS) is 11.0. The number of pyridine rings is 1. The average molecular weight is 366 g/mol. The van der Waals surface area contributed by atoms with E-state index in [4.69, 9.17) is 0 Å². The van der Waals surface area contributed by atoms with Gasteiger partial charge >= 0.3 is 0 Å². The number of thiazole rings is 1. The molecule has 4 nitrogen and oxygen atoms in total. The highest BCUT2D eigenvalue weighted by Crippen LogP contribution is 2.31. The van der Waals surface area contributed by atoms with Crippen molar-refractivity contribution in [1.82, 2.24) is 9.97 Å². The fourth-order valence-electron chi connectivity index (χ4n) is 3.17. The van der Waals surface area contributed by atoms with Crippen molar-refractivity contribution < 1.29 is 4.79 Å². The molecule has 134 valence electrons. The number of nitrogens with one attached hydrogen (secondary N) is 1. The standard InChI is InChI=1S/C21H23N3OS/c1-13(2)9-16-10-14(3)19(15(4)11-16)18-12-26-21(23-18)24-20(25)17-5-7-22-8-6-17/h5-8,10-13H,9H2,1-4H3,(H,23,24,25). The molecule has 0 saturated carbocycles. The van der Waals surface area contributed by atoms with Crippen LogP contribution >= 0.6 is 11.3 Å². The van der Waals surface area contributed by atoms with Crippen molar-refractivity contribution >= 4 is 22.4 Å². The molecule has 1 amide bonds. The number of anilines is 1. The highest BCUT2D eigenvalue weighted by molar-refractivity contribution is 7.14. The summed E-state index contributed by atoms with van der Waals surface area (Å²) in [6.07, 6.45) is 4.29. The van der Waals surface area contributed by atoms with Gasteiger partial charge in [-0.2, -0.15) is 0 Å². The van der Waals surface area contributed by atoms with Crippen LogP contribution in [0, 0.1) is 19.8 Å². The summed E-state index contributed by atoms with van der Waals surface area (Å²) in [6.45, 7) is 8.72. The number of hydrogen-bond acceptors (Lipinski definition) is 4. The van der Waals surface area contributed by atoms with Gasteiger partial charge in [0, 0.05) is 28.9 Å². The number of nitrogens with zero attached hydrogens (tertiary/aromatic N) is 2. The molecule has 0 aliphatic rings. The molecule has 3 rings (SSSR count). The molecule has 0 saturated heterocycles. The first kappa shape index (κ1) is 18.3. The summed E-state index contributed by atoms with van der Waals surface area (Å²) in [6, 6.07) is 7.87. The number of aryl methyl sites for hydroxylation is 2. The highest BCUT2D eigenvalue weighted by Gasteiger charge is 2.14. The average Bonchev–Trinajstić information content (AvgIpc) is 3.02. The number of amides is 1. The number of hydrogen-bond donors (Lipinski definition) is 1. The van der Waals surface area contributed by atoms with Crippen LogP contribution in [-0.4, -0.2) is 15.9 Å². The van der Waals surface area contributed by atoms with Gasteiger partial charge in [-0.1, -0.05) is 26.0 Å². The Morgan fingerprint density at radius 2 is 1.81 bits per heavy atom. The Labute approximate surface area is 158 Å². The van der Waals surface area contributed by atoms with Crippen molar-refractivity contribution in [2.75, 3.05) is 5.32 Å². The predicted molar refractivity (Wildman–Crippen MR) is 108 cm³/mol. The smallest absolute Gasteiger partial charge is 0.257 e. The quantitative estimate of drug-likeness (QED) is 0.670. The van der Waals surface area contributed by atoms with Gasteiger partial charge in [0.2, 0.25) is 0 Å². The van der Waals surface area contributed by atoms with Crippen LogP contribution in [0.15, 0.2) is 42.0 Å². The molecule has 5 heteroatoms. The van der Waals surface area contributed by atoms with E-state index in [1.807, 2.05) is 5.38 Å². The SMILES string of the molecule is Cc1cc(CC(C)C)cc(C)c1-c1csc(NC(=O)c2ccncc2)n1. The Kier molecular flexibility index (Phi) is 5.47. The van der Waals surface area contributed by atoms with Crippen molar-refractivity contribution in [2.45, 2.75) is 34.1 Å². The summed E-state index contributed by atoms with van der Waals surface area (Å²) in [5, 5.41) is 5.47. The minimum Gasteiger partial charge on any atom is -0.298 e. The molecule has 3 aromatic rings. The second-order valence-corrected chi connectivity index (χ2v) is 7.79. The van der Waals surface area contributed by atoms with Crippen LogP contribution in [-0.2, 0) is 6.42 Å². The van der Waals surface area contributed by atoms with E-state index in [-0.39, 0.29) is 5.91 Å². The zero-order chi connectivity index (χ0) is 18.7. The summed E-state index contributed by atoms with van der Waals surface area (Å²) in [7, 11) is 0. The van der Waals surface area contributed by atoms with Crippen molar-refractivity contribution in [2.24, 2.45) is 5.92 Å². The second-order valence-electron chi connectivity index (χ2n) is 6.93. The fourth-order valence-corrected chi connectivity index (χ4v) is 3.86. The molecule has 26 heavy (non-hydrogen) atoms. The molecule has 0 unspecified atom stereocenters. The van der Waals surface area contributed by atoms with Crippen LogP contribution in [0.4, 0.5) is 5.13 Å². The van der Waals surface area contributed by atoms with Crippen LogP contribution in [0.3, 0.4) is 0 Å². The number of rotatable bonds is 5. The van der Waals surface area contributed by atoms with Crippen LogP contribution < -0.4 is 5.32 Å². The van der Waals surface area contributed by atoms with E-state index in [1.165, 1.54) is 28.0 Å². The van der Waals surface area contributed by atoms with Gasteiger partial charge < -0.3 is 0 Å². The Hall–Kier alpha value is -2.53. The lowest BCUT2D eigenvalue weighted by Gasteiger charge is -2.12. The topological polar surface area (TPSA) is 54.9 Å². The monoisotopic (exact) mass is 365 g/mol. The van der Waals surface area contributed by atoms with Gasteiger partial charge in [-0.3, -0.25) is 15.1 Å². The molecule has 0 aliphatic carbocycles. The first-order chi connectivity index (χ1) is 12.4. The summed E-state index contributed by atoms with van der Waals surface area (Å²) in [5.74, 6) is 0.461. The summed E-state index contributed by atoms with van der Waals surface area (Å²) < 4.78 is 0. The minimum absolute atomic E-state index is 0.172. The number of carbonyl (C=O) groups is 1. The third-order valence-electron chi connectivity index (χ3n) is 4.16. The van der Waals surface area contributed by atoms with Crippen LogP contribution in [0.5, 0.6) is 0 Å². The summed E-state index contributed by atoms with van der Waals surface area (Å²) in [5.41, 5.74) is 6.43. The second kappa shape index (κ2) is 7.79. The lowest BCUT2D eigenvalue weighted by Crippen LogP contribution is -2.11. The molecule has 0 spiro atoms. The number of carbonyl (C=O) groups excluding carboxylic acids is 1. The molecule has 0 atom stereocenters. The Morgan fingerprint density at radius 1 is 1.15 bits per heavy atom. The van der Waals surface area contributed by atoms with E-state index >= 15 is 0 Å². The molecular weight excluding hydrogens is 342 g/mol. The van der Waals surface area contributed by atoms with Gasteiger partial charge in [-0.15, -0.1) is 11.3 Å². The molecule has 2 heterocycles. The van der Waals surface area contributed by atoms with Crippen molar-refractivity contribution in [3.05, 3.63) is 64.3 Å². The molecule has 0 fully saturated rings. The van der Waals surface area contributed by atoms with Gasteiger partial charge in [-0.25, -0.2) is 4.98 Å². The first-order valence-electron chi connectivity index (χ1n) is 8.71. The van der Waals surface area contributed by atoms with Crippen molar-refractivity contribution in [3.8, 4) is 11.3 Å². The van der Waals surface area contributed by atoms with Gasteiger partial charge in [0.25, 0.3) is 5.91 Å². The van der Waals surface area contributed by atoms with E-state index in [0.717, 1.165) is 17.7 Å². The van der Waals surface area contributed by atoms with E-state index in [1.54, 1.807) is 24.5 Å². The minimum atomic E-state index is -0.172. The summed E-state index contributed by atoms with van der Waals surface area (Å²) >= 11 is 1.44. The number of benzene rings is 1. The largest absolute Gasteiger partial charge is 0.298 e. The molecule has 0 bridgehead atoms. The van der Waals surface area contributed by atoms with Gasteiger partial charge in [0.15, 0.2) is 5.13 Å². The van der Waals surface area contributed by atoms with E-state index in [9.17, 15) is 4.79 Å². The Bertz CT molecular complexity index is 893. The van der Waals surface area contributed by atoms with Crippen LogP contribution in [0.1, 0.15) is 40.9 Å². The lowest BCUT2D eigenvalue weighted by molar-refractivity contribution is 0.102. The van der Waals surface area contributed by atoms with Crippen molar-refractivity contribution in [3.63, 3.8) is 0 Å². The highest BCUT2D eigenvalue weighted by atomic mass is 32.1. The Balaban J connectivity index is 1.82. The van der Waals surface area contributed by atoms with E-state index < -0.39 is 0 Å². The van der Waals surface area contributed by atoms with Gasteiger partial charge in [0.05, 0.1) is 5.69 Å². The maximum Gasteiger partial charge on any atom is 0.257 e. The van der Waals surface area contributed by atoms with Gasteiger partial charge in [-0.05, 0) is 55.0 Å².